The van der Waals surface area contributed by atoms with Crippen molar-refractivity contribution < 1.29 is 189 Å². The first-order valence-corrected chi connectivity index (χ1v) is 14.0. The molecule has 0 unspecified atom stereocenters. The maximum absolute atomic E-state index is 8.52. The van der Waals surface area contributed by atoms with Gasteiger partial charge in [0.1, 0.15) is 0 Å². The number of hydrogen-bond acceptors (Lipinski definition) is 28. The summed E-state index contributed by atoms with van der Waals surface area (Å²) in [6.07, 6.45) is 0. The Balaban J connectivity index is -0.0000000297. The van der Waals surface area contributed by atoms with Crippen LogP contribution in [0.15, 0.2) is 0 Å². The van der Waals surface area contributed by atoms with Crippen LogP contribution in [-0.2, 0) is 139 Å². The van der Waals surface area contributed by atoms with E-state index in [1.165, 1.54) is 0 Å². The third kappa shape index (κ3) is 29700. The van der Waals surface area contributed by atoms with Crippen LogP contribution in [0.4, 0.5) is 0 Å². The van der Waals surface area contributed by atoms with Gasteiger partial charge in [-0.2, -0.15) is 0 Å². The predicted molar refractivity (Wildman–Crippen MR) is 73.3 cm³/mol. The molecular formula is Nb2O28S7Ti. The second-order valence-corrected chi connectivity index (χ2v) is 8.57. The molecule has 0 rings (SSSR count). The topological polar surface area (TPSA) is 562 Å². The van der Waals surface area contributed by atoms with E-state index in [1.807, 2.05) is 0 Å². The molecule has 0 saturated heterocycles. The Hall–Kier alpha value is 1.28. The summed E-state index contributed by atoms with van der Waals surface area (Å²) in [5, 5.41) is 0. The van der Waals surface area contributed by atoms with Gasteiger partial charge in [-0.15, -0.1) is 0 Å². The van der Waals surface area contributed by atoms with E-state index in [9.17, 15) is 0 Å². The van der Waals surface area contributed by atoms with Crippen molar-refractivity contribution in [3.8, 4) is 0 Å². The van der Waals surface area contributed by atoms with E-state index in [0.717, 1.165) is 0 Å². The summed E-state index contributed by atoms with van der Waals surface area (Å²) >= 11 is 0. The minimum Gasteiger partial charge on any atom is -0.759 e. The van der Waals surface area contributed by atoms with Crippen molar-refractivity contribution >= 4 is 72.8 Å². The van der Waals surface area contributed by atoms with Crippen LogP contribution in [0.5, 0.6) is 0 Å². The molecule has 0 aromatic heterocycles. The molecule has 0 bridgehead atoms. The third-order valence-corrected chi connectivity index (χ3v) is 0. The number of hydrogen-bond donors (Lipinski definition) is 0. The van der Waals surface area contributed by atoms with E-state index in [1.54, 1.807) is 0 Å². The van der Waals surface area contributed by atoms with Crippen molar-refractivity contribution in [2.75, 3.05) is 0 Å². The normalized spacial score (nSPS) is 10.7. The Morgan fingerprint density at radius 3 is 0.211 bits per heavy atom. The van der Waals surface area contributed by atoms with Gasteiger partial charge >= 0.3 is 66.5 Å². The molecule has 0 aliphatic rings. The van der Waals surface area contributed by atoms with Crippen LogP contribution in [0.1, 0.15) is 0 Å². The van der Waals surface area contributed by atoms with E-state index < -0.39 is 72.8 Å². The van der Waals surface area contributed by atoms with Crippen LogP contribution < -0.4 is 0 Å². The third-order valence-electron chi connectivity index (χ3n) is 0. The summed E-state index contributed by atoms with van der Waals surface area (Å²) in [5.41, 5.74) is 0. The van der Waals surface area contributed by atoms with Crippen molar-refractivity contribution in [1.82, 2.24) is 0 Å². The molecule has 224 valence electrons. The van der Waals surface area contributed by atoms with E-state index in [0.29, 0.717) is 0 Å². The van der Waals surface area contributed by atoms with Crippen LogP contribution in [-0.4, -0.2) is 123 Å². The first kappa shape index (κ1) is 67.1. The molecule has 0 saturated carbocycles. The van der Waals surface area contributed by atoms with E-state index in [2.05, 4.69) is 0 Å². The predicted octanol–water partition coefficient (Wildman–Crippen LogP) is -9.37. The van der Waals surface area contributed by atoms with Crippen LogP contribution >= 0.6 is 0 Å². The Morgan fingerprint density at radius 2 is 0.211 bits per heavy atom. The minimum absolute atomic E-state index is 0. The van der Waals surface area contributed by atoms with Crippen LogP contribution in [0.25, 0.3) is 0 Å². The zero-order chi connectivity index (χ0) is 31.5. The van der Waals surface area contributed by atoms with Gasteiger partial charge in [-0.05, 0) is 0 Å². The first-order valence-electron chi connectivity index (χ1n) is 4.67. The zero-order valence-electron chi connectivity index (χ0n) is 15.7. The smallest absolute Gasteiger partial charge is 0.759 e. The van der Waals surface area contributed by atoms with Crippen molar-refractivity contribution in [2.45, 2.75) is 0 Å². The zero-order valence-corrected chi connectivity index (χ0v) is 27.4. The second-order valence-electron chi connectivity index (χ2n) is 2.86. The van der Waals surface area contributed by atoms with Crippen LogP contribution in [0.3, 0.4) is 0 Å². The quantitative estimate of drug-likeness (QED) is 0.124. The molecule has 0 spiro atoms. The molecule has 0 atom stereocenters. The Kier molecular flexibility index (Phi) is 50.2. The van der Waals surface area contributed by atoms with Gasteiger partial charge in [-0.25, -0.2) is 0 Å². The molecule has 0 aromatic rings. The average molecular weight is 906 g/mol. The van der Waals surface area contributed by atoms with Crippen molar-refractivity contribution in [3.63, 3.8) is 0 Å². The molecule has 0 N–H and O–H groups in total. The van der Waals surface area contributed by atoms with Crippen LogP contribution in [0.2, 0.25) is 0 Å². The molecule has 0 heterocycles. The Labute approximate surface area is 259 Å². The Bertz CT molecular complexity index is 920. The van der Waals surface area contributed by atoms with Gasteiger partial charge in [0.25, 0.3) is 0 Å². The molecule has 28 nitrogen and oxygen atoms in total. The molecule has 38 heteroatoms. The molecule has 0 aromatic carbocycles. The molecule has 0 amide bonds. The van der Waals surface area contributed by atoms with Gasteiger partial charge < -0.3 is 63.7 Å². The van der Waals surface area contributed by atoms with Crippen LogP contribution in [0, 0.1) is 0 Å². The molecule has 0 aliphatic carbocycles. The fourth-order valence-electron chi connectivity index (χ4n) is 0. The summed E-state index contributed by atoms with van der Waals surface area (Å²) in [7, 11) is -36.2. The summed E-state index contributed by atoms with van der Waals surface area (Å²) < 4.78 is 239. The van der Waals surface area contributed by atoms with Gasteiger partial charge in [-0.3, -0.25) is 58.9 Å². The van der Waals surface area contributed by atoms with Crippen molar-refractivity contribution in [1.29, 1.82) is 0 Å². The fourth-order valence-corrected chi connectivity index (χ4v) is 0. The summed E-state index contributed by atoms with van der Waals surface area (Å²) in [6, 6.07) is 0. The summed E-state index contributed by atoms with van der Waals surface area (Å²) in [4.78, 5) is 0. The molecule has 0 radical (unpaired) electrons. The maximum Gasteiger partial charge on any atom is 5.00 e. The largest absolute Gasteiger partial charge is 5.00 e. The molecule has 38 heavy (non-hydrogen) atoms. The standard InChI is InChI=1S/2Nb.7H2O4S.Ti/c;;7*1-5(2,3)4;/h;;7*(H2,1,2,3,4);/q2*+5;;;;;;;;+4/p-14. The second kappa shape index (κ2) is 28.4. The fraction of sp³-hybridized carbons (Fsp3) is 0. The molecular weight excluding hydrogens is 906 g/mol. The van der Waals surface area contributed by atoms with Gasteiger partial charge in [0.2, 0.25) is 0 Å². The Morgan fingerprint density at radius 1 is 0.211 bits per heavy atom. The monoisotopic (exact) mass is 905 g/mol. The van der Waals surface area contributed by atoms with Gasteiger partial charge in [0.05, 0.1) is 0 Å². The van der Waals surface area contributed by atoms with E-state index in [4.69, 9.17) is 123 Å². The molecule has 0 aliphatic heterocycles. The minimum atomic E-state index is -5.17. The van der Waals surface area contributed by atoms with E-state index in [-0.39, 0.29) is 66.5 Å². The average Bonchev–Trinajstić information content (AvgIpc) is 2.06. The summed E-state index contributed by atoms with van der Waals surface area (Å²) in [6.45, 7) is 0. The van der Waals surface area contributed by atoms with Crippen molar-refractivity contribution in [2.24, 2.45) is 0 Å². The maximum atomic E-state index is 8.52. The van der Waals surface area contributed by atoms with E-state index >= 15 is 0 Å². The van der Waals surface area contributed by atoms with Crippen molar-refractivity contribution in [3.05, 3.63) is 0 Å². The van der Waals surface area contributed by atoms with Gasteiger partial charge in [0.15, 0.2) is 0 Å². The first-order chi connectivity index (χ1) is 14.0. The SMILES string of the molecule is O=S(=O)([O-])[O-].O=S(=O)([O-])[O-].O=S(=O)([O-])[O-].O=S(=O)([O-])[O-].O=S(=O)([O-])[O-].O=S(=O)([O-])[O-].O=S(=O)([O-])[O-].[Nb+5].[Nb+5].[Ti+4]. The number of rotatable bonds is 0. The molecule has 0 fully saturated rings. The van der Waals surface area contributed by atoms with Gasteiger partial charge in [0, 0.05) is 72.8 Å². The summed E-state index contributed by atoms with van der Waals surface area (Å²) in [5.74, 6) is 0. The van der Waals surface area contributed by atoms with Gasteiger partial charge in [-0.1, -0.05) is 0 Å².